The monoisotopic (exact) mass is 280 g/mol. The molecule has 0 aromatic heterocycles. The number of hydrogen-bond donors (Lipinski definition) is 2. The van der Waals surface area contributed by atoms with Crippen molar-refractivity contribution in [3.8, 4) is 5.75 Å². The number of esters is 1. The van der Waals surface area contributed by atoms with E-state index in [0.717, 1.165) is 12.8 Å². The highest BCUT2D eigenvalue weighted by Gasteiger charge is 2.19. The summed E-state index contributed by atoms with van der Waals surface area (Å²) in [7, 11) is 2.73. The van der Waals surface area contributed by atoms with E-state index in [1.54, 1.807) is 18.2 Å². The van der Waals surface area contributed by atoms with E-state index in [0.29, 0.717) is 18.0 Å². The van der Waals surface area contributed by atoms with Crippen molar-refractivity contribution in [2.45, 2.75) is 19.8 Å². The SMILES string of the molecule is CCCCNC(=O)Nc1cccc(OC)c1C(=O)OC. The van der Waals surface area contributed by atoms with Crippen LogP contribution >= 0.6 is 0 Å². The van der Waals surface area contributed by atoms with Crippen LogP contribution in [0, 0.1) is 0 Å². The summed E-state index contributed by atoms with van der Waals surface area (Å²) in [5.41, 5.74) is 0.549. The largest absolute Gasteiger partial charge is 0.496 e. The van der Waals surface area contributed by atoms with E-state index < -0.39 is 5.97 Å². The summed E-state index contributed by atoms with van der Waals surface area (Å²) in [5, 5.41) is 5.34. The molecule has 0 saturated carbocycles. The predicted molar refractivity (Wildman–Crippen MR) is 76.3 cm³/mol. The Bertz CT molecular complexity index is 474. The third-order valence-electron chi connectivity index (χ3n) is 2.70. The Morgan fingerprint density at radius 1 is 1.25 bits per heavy atom. The molecule has 1 aromatic rings. The number of anilines is 1. The molecule has 6 nitrogen and oxygen atoms in total. The number of urea groups is 1. The molecule has 2 amide bonds. The van der Waals surface area contributed by atoms with Gasteiger partial charge < -0.3 is 20.1 Å². The Kier molecular flexibility index (Phi) is 6.36. The summed E-state index contributed by atoms with van der Waals surface area (Å²) in [5.74, 6) is -0.213. The second-order valence-electron chi connectivity index (χ2n) is 4.11. The lowest BCUT2D eigenvalue weighted by atomic mass is 10.1. The molecule has 1 aromatic carbocycles. The number of benzene rings is 1. The van der Waals surface area contributed by atoms with E-state index in [9.17, 15) is 9.59 Å². The molecular weight excluding hydrogens is 260 g/mol. The Morgan fingerprint density at radius 2 is 2.00 bits per heavy atom. The fraction of sp³-hybridized carbons (Fsp3) is 0.429. The number of rotatable bonds is 6. The zero-order valence-corrected chi connectivity index (χ0v) is 12.0. The van der Waals surface area contributed by atoms with Gasteiger partial charge in [0.25, 0.3) is 0 Å². The number of hydrogen-bond acceptors (Lipinski definition) is 4. The molecule has 0 aliphatic heterocycles. The van der Waals surface area contributed by atoms with Crippen LogP contribution in [0.3, 0.4) is 0 Å². The summed E-state index contributed by atoms with van der Waals surface area (Å²) in [6.45, 7) is 2.62. The van der Waals surface area contributed by atoms with Crippen molar-refractivity contribution in [1.82, 2.24) is 5.32 Å². The number of ether oxygens (including phenoxy) is 2. The highest BCUT2D eigenvalue weighted by atomic mass is 16.5. The van der Waals surface area contributed by atoms with Crippen LogP contribution in [-0.4, -0.2) is 32.8 Å². The molecule has 6 heteroatoms. The number of unbranched alkanes of at least 4 members (excludes halogenated alkanes) is 1. The number of amides is 2. The maximum absolute atomic E-state index is 11.8. The standard InChI is InChI=1S/C14H20N2O4/c1-4-5-9-15-14(18)16-10-7-6-8-11(19-2)12(10)13(17)20-3/h6-8H,4-5,9H2,1-3H3,(H2,15,16,18). The normalized spacial score (nSPS) is 9.75. The number of methoxy groups -OCH3 is 2. The fourth-order valence-electron chi connectivity index (χ4n) is 1.66. The van der Waals surface area contributed by atoms with Crippen molar-refractivity contribution in [1.29, 1.82) is 0 Å². The van der Waals surface area contributed by atoms with Gasteiger partial charge in [0.05, 0.1) is 19.9 Å². The zero-order chi connectivity index (χ0) is 15.0. The molecule has 0 aliphatic carbocycles. The first-order chi connectivity index (χ1) is 9.63. The summed E-state index contributed by atoms with van der Waals surface area (Å²) >= 11 is 0. The lowest BCUT2D eigenvalue weighted by Crippen LogP contribution is -2.30. The van der Waals surface area contributed by atoms with Crippen molar-refractivity contribution in [2.24, 2.45) is 0 Å². The van der Waals surface area contributed by atoms with E-state index >= 15 is 0 Å². The minimum absolute atomic E-state index is 0.197. The predicted octanol–water partition coefficient (Wildman–Crippen LogP) is 2.40. The zero-order valence-electron chi connectivity index (χ0n) is 12.0. The van der Waals surface area contributed by atoms with Gasteiger partial charge in [0, 0.05) is 6.54 Å². The summed E-state index contributed by atoms with van der Waals surface area (Å²) in [6, 6.07) is 4.57. The van der Waals surface area contributed by atoms with Crippen molar-refractivity contribution in [2.75, 3.05) is 26.1 Å². The first-order valence-electron chi connectivity index (χ1n) is 6.44. The van der Waals surface area contributed by atoms with E-state index in [1.165, 1.54) is 14.2 Å². The van der Waals surface area contributed by atoms with Crippen LogP contribution in [0.15, 0.2) is 18.2 Å². The fourth-order valence-corrected chi connectivity index (χ4v) is 1.66. The Balaban J connectivity index is 2.88. The Labute approximate surface area is 118 Å². The third-order valence-corrected chi connectivity index (χ3v) is 2.70. The molecule has 0 spiro atoms. The number of nitrogens with one attached hydrogen (secondary N) is 2. The molecular formula is C14H20N2O4. The quantitative estimate of drug-likeness (QED) is 0.619. The number of carbonyl (C=O) groups excluding carboxylic acids is 2. The van der Waals surface area contributed by atoms with Gasteiger partial charge in [0.2, 0.25) is 0 Å². The molecule has 0 bridgehead atoms. The lowest BCUT2D eigenvalue weighted by Gasteiger charge is -2.13. The molecule has 0 aliphatic rings. The van der Waals surface area contributed by atoms with Gasteiger partial charge in [0.1, 0.15) is 11.3 Å². The van der Waals surface area contributed by atoms with Crippen LogP contribution in [0.1, 0.15) is 30.1 Å². The molecule has 2 N–H and O–H groups in total. The van der Waals surface area contributed by atoms with Crippen molar-refractivity contribution in [3.63, 3.8) is 0 Å². The van der Waals surface area contributed by atoms with Gasteiger partial charge in [-0.3, -0.25) is 0 Å². The first-order valence-corrected chi connectivity index (χ1v) is 6.44. The van der Waals surface area contributed by atoms with E-state index in [4.69, 9.17) is 9.47 Å². The van der Waals surface area contributed by atoms with Gasteiger partial charge in [-0.15, -0.1) is 0 Å². The molecule has 0 unspecified atom stereocenters. The second-order valence-corrected chi connectivity index (χ2v) is 4.11. The van der Waals surface area contributed by atoms with Crippen LogP contribution in [0.25, 0.3) is 0 Å². The maximum Gasteiger partial charge on any atom is 0.343 e. The molecule has 0 heterocycles. The van der Waals surface area contributed by atoms with Gasteiger partial charge in [-0.25, -0.2) is 9.59 Å². The topological polar surface area (TPSA) is 76.7 Å². The van der Waals surface area contributed by atoms with E-state index in [1.807, 2.05) is 6.92 Å². The molecule has 110 valence electrons. The molecule has 0 atom stereocenters. The smallest absolute Gasteiger partial charge is 0.343 e. The maximum atomic E-state index is 11.8. The van der Waals surface area contributed by atoms with Gasteiger partial charge in [0.15, 0.2) is 0 Å². The third kappa shape index (κ3) is 4.15. The number of carbonyl (C=O) groups is 2. The van der Waals surface area contributed by atoms with Crippen LogP contribution in [0.4, 0.5) is 10.5 Å². The van der Waals surface area contributed by atoms with E-state index in [-0.39, 0.29) is 11.6 Å². The van der Waals surface area contributed by atoms with Crippen LogP contribution in [0.2, 0.25) is 0 Å². The highest BCUT2D eigenvalue weighted by Crippen LogP contribution is 2.27. The Morgan fingerprint density at radius 3 is 2.60 bits per heavy atom. The average Bonchev–Trinajstić information content (AvgIpc) is 2.46. The first kappa shape index (κ1) is 15.8. The second kappa shape index (κ2) is 8.04. The summed E-state index contributed by atoms with van der Waals surface area (Å²) in [6.07, 6.45) is 1.89. The molecule has 0 fully saturated rings. The van der Waals surface area contributed by atoms with Crippen molar-refractivity contribution >= 4 is 17.7 Å². The lowest BCUT2D eigenvalue weighted by molar-refractivity contribution is 0.0598. The minimum Gasteiger partial charge on any atom is -0.496 e. The molecule has 0 radical (unpaired) electrons. The summed E-state index contributed by atoms with van der Waals surface area (Å²) < 4.78 is 9.83. The van der Waals surface area contributed by atoms with Gasteiger partial charge >= 0.3 is 12.0 Å². The Hall–Kier alpha value is -2.24. The van der Waals surface area contributed by atoms with Gasteiger partial charge in [-0.2, -0.15) is 0 Å². The van der Waals surface area contributed by atoms with Crippen molar-refractivity contribution in [3.05, 3.63) is 23.8 Å². The molecule has 0 saturated heterocycles. The van der Waals surface area contributed by atoms with Gasteiger partial charge in [-0.1, -0.05) is 19.4 Å². The van der Waals surface area contributed by atoms with Crippen LogP contribution in [0.5, 0.6) is 5.75 Å². The highest BCUT2D eigenvalue weighted by molar-refractivity contribution is 6.03. The molecule has 20 heavy (non-hydrogen) atoms. The van der Waals surface area contributed by atoms with Crippen molar-refractivity contribution < 1.29 is 19.1 Å². The summed E-state index contributed by atoms with van der Waals surface area (Å²) in [4.78, 5) is 23.5. The van der Waals surface area contributed by atoms with Gasteiger partial charge in [-0.05, 0) is 18.6 Å². The molecule has 1 rings (SSSR count). The van der Waals surface area contributed by atoms with Crippen LogP contribution < -0.4 is 15.4 Å². The van der Waals surface area contributed by atoms with E-state index in [2.05, 4.69) is 10.6 Å². The minimum atomic E-state index is -0.564. The average molecular weight is 280 g/mol. The van der Waals surface area contributed by atoms with Crippen LogP contribution in [-0.2, 0) is 4.74 Å².